The Balaban J connectivity index is 1.73. The van der Waals surface area contributed by atoms with Gasteiger partial charge in [-0.15, -0.1) is 0 Å². The fraction of sp³-hybridized carbons (Fsp3) is 0.333. The number of carbonyl (C=O) groups is 2. The molecule has 28 heavy (non-hydrogen) atoms. The van der Waals surface area contributed by atoms with Crippen molar-refractivity contribution in [2.24, 2.45) is 5.41 Å². The van der Waals surface area contributed by atoms with E-state index in [0.29, 0.717) is 22.7 Å². The molecule has 3 aromatic rings. The molecule has 1 aromatic carbocycles. The van der Waals surface area contributed by atoms with Crippen molar-refractivity contribution in [3.05, 3.63) is 47.8 Å². The maximum absolute atomic E-state index is 12.6. The van der Waals surface area contributed by atoms with Gasteiger partial charge in [-0.05, 0) is 36.2 Å². The van der Waals surface area contributed by atoms with Gasteiger partial charge in [-0.2, -0.15) is 0 Å². The van der Waals surface area contributed by atoms with E-state index in [4.69, 9.17) is 4.52 Å². The molecule has 0 aliphatic carbocycles. The molecule has 0 saturated heterocycles. The lowest BCUT2D eigenvalue weighted by Crippen LogP contribution is -2.27. The van der Waals surface area contributed by atoms with Crippen LogP contribution < -0.4 is 10.6 Å². The van der Waals surface area contributed by atoms with Crippen LogP contribution in [0.25, 0.3) is 11.1 Å². The van der Waals surface area contributed by atoms with Crippen LogP contribution in [-0.2, 0) is 4.79 Å². The van der Waals surface area contributed by atoms with E-state index in [0.717, 1.165) is 11.1 Å². The third kappa shape index (κ3) is 4.19. The van der Waals surface area contributed by atoms with Crippen molar-refractivity contribution in [1.29, 1.82) is 0 Å². The molecule has 2 amide bonds. The summed E-state index contributed by atoms with van der Waals surface area (Å²) in [6.07, 6.45) is 1.46. The second-order valence-electron chi connectivity index (χ2n) is 8.03. The Hall–Kier alpha value is -3.22. The van der Waals surface area contributed by atoms with Crippen LogP contribution in [0.5, 0.6) is 0 Å². The first-order valence-electron chi connectivity index (χ1n) is 9.13. The van der Waals surface area contributed by atoms with Crippen molar-refractivity contribution in [2.75, 3.05) is 10.6 Å². The number of nitrogens with zero attached hydrogens (tertiary/aromatic N) is 2. The summed E-state index contributed by atoms with van der Waals surface area (Å²) in [6.45, 7) is 9.56. The van der Waals surface area contributed by atoms with Gasteiger partial charge in [0.15, 0.2) is 0 Å². The van der Waals surface area contributed by atoms with Crippen LogP contribution in [0.15, 0.2) is 41.1 Å². The van der Waals surface area contributed by atoms with E-state index in [2.05, 4.69) is 20.8 Å². The molecule has 0 aliphatic heterocycles. The minimum atomic E-state index is -0.477. The van der Waals surface area contributed by atoms with Crippen LogP contribution in [0.1, 0.15) is 56.6 Å². The summed E-state index contributed by atoms with van der Waals surface area (Å²) < 4.78 is 5.20. The SMILES string of the molecule is CC(C)c1noc2ncc(C(=O)Nc3ccc(NC(=O)C(C)(C)C)cc3)cc12. The Morgan fingerprint density at radius 2 is 1.64 bits per heavy atom. The van der Waals surface area contributed by atoms with Crippen LogP contribution in [0.2, 0.25) is 0 Å². The summed E-state index contributed by atoms with van der Waals surface area (Å²) in [5, 5.41) is 10.4. The summed E-state index contributed by atoms with van der Waals surface area (Å²) >= 11 is 0. The number of carbonyl (C=O) groups excluding carboxylic acids is 2. The van der Waals surface area contributed by atoms with E-state index in [1.54, 1.807) is 30.3 Å². The molecule has 2 aromatic heterocycles. The van der Waals surface area contributed by atoms with E-state index in [9.17, 15) is 9.59 Å². The lowest BCUT2D eigenvalue weighted by Gasteiger charge is -2.17. The standard InChI is InChI=1S/C21H24N4O3/c1-12(2)17-16-10-13(11-22-19(16)28-25-17)18(26)23-14-6-8-15(9-7-14)24-20(27)21(3,4)5/h6-12H,1-5H3,(H,23,26)(H,24,27). The van der Waals surface area contributed by atoms with Gasteiger partial charge in [-0.3, -0.25) is 9.59 Å². The molecule has 2 N–H and O–H groups in total. The lowest BCUT2D eigenvalue weighted by molar-refractivity contribution is -0.123. The number of fused-ring (bicyclic) bond motifs is 1. The van der Waals surface area contributed by atoms with Gasteiger partial charge in [0.25, 0.3) is 11.6 Å². The van der Waals surface area contributed by atoms with Crippen LogP contribution in [-0.4, -0.2) is 22.0 Å². The average Bonchev–Trinajstić information content (AvgIpc) is 3.06. The lowest BCUT2D eigenvalue weighted by atomic mass is 9.95. The Morgan fingerprint density at radius 3 is 2.21 bits per heavy atom. The molecular formula is C21H24N4O3. The number of hydrogen-bond donors (Lipinski definition) is 2. The van der Waals surface area contributed by atoms with E-state index >= 15 is 0 Å². The van der Waals surface area contributed by atoms with Crippen LogP contribution in [0.3, 0.4) is 0 Å². The first kappa shape index (κ1) is 19.5. The van der Waals surface area contributed by atoms with Gasteiger partial charge in [0.1, 0.15) is 0 Å². The maximum atomic E-state index is 12.6. The fourth-order valence-corrected chi connectivity index (χ4v) is 2.55. The van der Waals surface area contributed by atoms with Crippen LogP contribution in [0.4, 0.5) is 11.4 Å². The Bertz CT molecular complexity index is 1010. The normalized spacial score (nSPS) is 11.6. The molecule has 0 fully saturated rings. The summed E-state index contributed by atoms with van der Waals surface area (Å²) in [4.78, 5) is 28.8. The molecule has 7 nitrogen and oxygen atoms in total. The topological polar surface area (TPSA) is 97.1 Å². The smallest absolute Gasteiger partial charge is 0.257 e. The summed E-state index contributed by atoms with van der Waals surface area (Å²) in [7, 11) is 0. The number of benzene rings is 1. The van der Waals surface area contributed by atoms with Crippen molar-refractivity contribution >= 4 is 34.3 Å². The third-order valence-corrected chi connectivity index (χ3v) is 4.25. The average molecular weight is 380 g/mol. The zero-order valence-corrected chi connectivity index (χ0v) is 16.7. The van der Waals surface area contributed by atoms with E-state index in [-0.39, 0.29) is 17.7 Å². The van der Waals surface area contributed by atoms with Gasteiger partial charge in [-0.25, -0.2) is 4.98 Å². The largest absolute Gasteiger partial charge is 0.336 e. The highest BCUT2D eigenvalue weighted by Crippen LogP contribution is 2.24. The zero-order valence-electron chi connectivity index (χ0n) is 16.7. The van der Waals surface area contributed by atoms with Gasteiger partial charge < -0.3 is 15.2 Å². The predicted octanol–water partition coefficient (Wildman–Crippen LogP) is 4.58. The molecule has 0 spiro atoms. The number of rotatable bonds is 4. The molecule has 0 saturated carbocycles. The number of amides is 2. The van der Waals surface area contributed by atoms with Crippen molar-refractivity contribution in [2.45, 2.75) is 40.5 Å². The number of anilines is 2. The second-order valence-corrected chi connectivity index (χ2v) is 8.03. The van der Waals surface area contributed by atoms with Crippen molar-refractivity contribution in [3.63, 3.8) is 0 Å². The second kappa shape index (κ2) is 7.42. The Kier molecular flexibility index (Phi) is 5.18. The van der Waals surface area contributed by atoms with Gasteiger partial charge in [0.05, 0.1) is 16.6 Å². The number of hydrogen-bond acceptors (Lipinski definition) is 5. The summed E-state index contributed by atoms with van der Waals surface area (Å²) in [5.41, 5.74) is 2.42. The molecule has 7 heteroatoms. The van der Waals surface area contributed by atoms with Crippen molar-refractivity contribution in [1.82, 2.24) is 10.1 Å². The van der Waals surface area contributed by atoms with Crippen LogP contribution in [0, 0.1) is 5.41 Å². The monoisotopic (exact) mass is 380 g/mol. The van der Waals surface area contributed by atoms with Crippen molar-refractivity contribution in [3.8, 4) is 0 Å². The highest BCUT2D eigenvalue weighted by atomic mass is 16.5. The number of aromatic nitrogens is 2. The molecule has 146 valence electrons. The zero-order chi connectivity index (χ0) is 20.5. The molecule has 3 rings (SSSR count). The highest BCUT2D eigenvalue weighted by Gasteiger charge is 2.21. The summed E-state index contributed by atoms with van der Waals surface area (Å²) in [6, 6.07) is 8.71. The van der Waals surface area contributed by atoms with Gasteiger partial charge in [-0.1, -0.05) is 39.8 Å². The Labute approximate surface area is 163 Å². The van der Waals surface area contributed by atoms with Gasteiger partial charge in [0, 0.05) is 23.0 Å². The first-order valence-corrected chi connectivity index (χ1v) is 9.13. The fourth-order valence-electron chi connectivity index (χ4n) is 2.55. The summed E-state index contributed by atoms with van der Waals surface area (Å²) in [5.74, 6) is -0.188. The molecular weight excluding hydrogens is 356 g/mol. The van der Waals surface area contributed by atoms with E-state index in [1.807, 2.05) is 34.6 Å². The van der Waals surface area contributed by atoms with E-state index < -0.39 is 5.41 Å². The van der Waals surface area contributed by atoms with E-state index in [1.165, 1.54) is 6.20 Å². The third-order valence-electron chi connectivity index (χ3n) is 4.25. The highest BCUT2D eigenvalue weighted by molar-refractivity contribution is 6.05. The van der Waals surface area contributed by atoms with Crippen LogP contribution >= 0.6 is 0 Å². The van der Waals surface area contributed by atoms with Gasteiger partial charge in [0.2, 0.25) is 5.91 Å². The number of pyridine rings is 1. The molecule has 0 aliphatic rings. The minimum Gasteiger partial charge on any atom is -0.336 e. The molecule has 0 unspecified atom stereocenters. The van der Waals surface area contributed by atoms with Gasteiger partial charge >= 0.3 is 0 Å². The molecule has 0 radical (unpaired) electrons. The predicted molar refractivity (Wildman–Crippen MR) is 108 cm³/mol. The quantitative estimate of drug-likeness (QED) is 0.690. The molecule has 2 heterocycles. The Morgan fingerprint density at radius 1 is 1.04 bits per heavy atom. The molecule has 0 bridgehead atoms. The van der Waals surface area contributed by atoms with Crippen molar-refractivity contribution < 1.29 is 14.1 Å². The minimum absolute atomic E-state index is 0.0710. The first-order chi connectivity index (χ1) is 13.1. The molecule has 0 atom stereocenters. The number of nitrogens with one attached hydrogen (secondary N) is 2. The maximum Gasteiger partial charge on any atom is 0.257 e.